The van der Waals surface area contributed by atoms with Crippen LogP contribution in [0.5, 0.6) is 0 Å². The molecule has 4 heteroatoms. The maximum atomic E-state index is 14.8. The van der Waals surface area contributed by atoms with E-state index >= 15 is 0 Å². The van der Waals surface area contributed by atoms with E-state index < -0.39 is 17.0 Å². The van der Waals surface area contributed by atoms with E-state index in [1.165, 1.54) is 23.8 Å². The van der Waals surface area contributed by atoms with Crippen LogP contribution in [0.3, 0.4) is 0 Å². The highest BCUT2D eigenvalue weighted by molar-refractivity contribution is 5.36. The lowest BCUT2D eigenvalue weighted by molar-refractivity contribution is 0.210. The van der Waals surface area contributed by atoms with Gasteiger partial charge in [-0.25, -0.2) is 8.78 Å². The first-order chi connectivity index (χ1) is 15.1. The minimum absolute atomic E-state index is 0.00302. The van der Waals surface area contributed by atoms with Gasteiger partial charge in [0, 0.05) is 12.1 Å². The number of nitrogens with zero attached hydrogens (tertiary/aromatic N) is 2. The van der Waals surface area contributed by atoms with Crippen LogP contribution in [0.15, 0.2) is 48.5 Å². The first kappa shape index (κ1) is 23.4. The molecule has 0 heterocycles. The Hall–Kier alpha value is -2.25. The number of benzene rings is 2. The van der Waals surface area contributed by atoms with Crippen LogP contribution >= 0.6 is 0 Å². The molecule has 0 aromatic heterocycles. The molecular weight excluding hydrogens is 390 g/mol. The molecule has 0 saturated heterocycles. The quantitative estimate of drug-likeness (QED) is 0.427. The second kappa shape index (κ2) is 11.4. The minimum Gasteiger partial charge on any atom is -0.303 e. The maximum absolute atomic E-state index is 14.8. The Morgan fingerprint density at radius 3 is 2.26 bits per heavy atom. The largest absolute Gasteiger partial charge is 0.303 e. The molecule has 1 fully saturated rings. The Balaban J connectivity index is 1.73. The van der Waals surface area contributed by atoms with Crippen molar-refractivity contribution in [1.82, 2.24) is 4.90 Å². The molecule has 0 spiro atoms. The molecule has 1 unspecified atom stereocenters. The van der Waals surface area contributed by atoms with Gasteiger partial charge in [0.05, 0.1) is 11.5 Å². The SMILES string of the molecule is CCN(CCCC(C#N)(c1c(F)cccc1F)C1CCCCC1)CCc1ccccc1. The van der Waals surface area contributed by atoms with Gasteiger partial charge in [-0.3, -0.25) is 0 Å². The summed E-state index contributed by atoms with van der Waals surface area (Å²) in [6.07, 6.45) is 7.15. The van der Waals surface area contributed by atoms with E-state index in [9.17, 15) is 14.0 Å². The zero-order chi connectivity index (χ0) is 22.1. The molecule has 0 bridgehead atoms. The van der Waals surface area contributed by atoms with Gasteiger partial charge in [-0.15, -0.1) is 0 Å². The smallest absolute Gasteiger partial charge is 0.130 e. The molecule has 2 nitrogen and oxygen atoms in total. The van der Waals surface area contributed by atoms with Gasteiger partial charge in [0.1, 0.15) is 11.6 Å². The number of likely N-dealkylation sites (N-methyl/N-ethyl adjacent to an activating group) is 1. The molecule has 1 saturated carbocycles. The fraction of sp³-hybridized carbons (Fsp3) is 0.519. The number of hydrogen-bond donors (Lipinski definition) is 0. The van der Waals surface area contributed by atoms with E-state index in [0.717, 1.165) is 64.6 Å². The summed E-state index contributed by atoms with van der Waals surface area (Å²) in [5.74, 6) is -1.15. The fourth-order valence-corrected chi connectivity index (χ4v) is 5.20. The van der Waals surface area contributed by atoms with Gasteiger partial charge in [-0.05, 0) is 68.8 Å². The van der Waals surface area contributed by atoms with Gasteiger partial charge in [0.15, 0.2) is 0 Å². The summed E-state index contributed by atoms with van der Waals surface area (Å²) in [6.45, 7) is 4.83. The molecule has 3 rings (SSSR count). The fourth-order valence-electron chi connectivity index (χ4n) is 5.20. The molecule has 1 atom stereocenters. The van der Waals surface area contributed by atoms with E-state index in [-0.39, 0.29) is 11.5 Å². The number of nitriles is 1. The van der Waals surface area contributed by atoms with Crippen LogP contribution in [0.25, 0.3) is 0 Å². The molecular formula is C27H34F2N2. The Morgan fingerprint density at radius 2 is 1.65 bits per heavy atom. The van der Waals surface area contributed by atoms with Crippen LogP contribution in [0.4, 0.5) is 8.78 Å². The summed E-state index contributed by atoms with van der Waals surface area (Å²) in [6, 6.07) is 16.8. The van der Waals surface area contributed by atoms with Crippen molar-refractivity contribution in [1.29, 1.82) is 5.26 Å². The Kier molecular flexibility index (Phi) is 8.60. The summed E-state index contributed by atoms with van der Waals surface area (Å²) in [5.41, 5.74) is 0.217. The summed E-state index contributed by atoms with van der Waals surface area (Å²) in [7, 11) is 0. The van der Waals surface area contributed by atoms with Crippen LogP contribution in [0.1, 0.15) is 63.0 Å². The second-order valence-corrected chi connectivity index (χ2v) is 8.79. The van der Waals surface area contributed by atoms with E-state index in [1.54, 1.807) is 0 Å². The first-order valence-electron chi connectivity index (χ1n) is 11.7. The molecule has 1 aliphatic rings. The second-order valence-electron chi connectivity index (χ2n) is 8.79. The third kappa shape index (κ3) is 5.71. The zero-order valence-corrected chi connectivity index (χ0v) is 18.6. The van der Waals surface area contributed by atoms with Gasteiger partial charge in [-0.2, -0.15) is 5.26 Å². The lowest BCUT2D eigenvalue weighted by atomic mass is 9.63. The van der Waals surface area contributed by atoms with E-state index in [0.29, 0.717) is 6.42 Å². The highest BCUT2D eigenvalue weighted by atomic mass is 19.1. The third-order valence-electron chi connectivity index (χ3n) is 6.96. The highest BCUT2D eigenvalue weighted by Crippen LogP contribution is 2.45. The van der Waals surface area contributed by atoms with Gasteiger partial charge < -0.3 is 4.90 Å². The predicted octanol–water partition coefficient (Wildman–Crippen LogP) is 6.65. The maximum Gasteiger partial charge on any atom is 0.130 e. The molecule has 31 heavy (non-hydrogen) atoms. The highest BCUT2D eigenvalue weighted by Gasteiger charge is 2.44. The van der Waals surface area contributed by atoms with Gasteiger partial charge in [0.25, 0.3) is 0 Å². The van der Waals surface area contributed by atoms with Crippen LogP contribution in [-0.4, -0.2) is 24.5 Å². The first-order valence-corrected chi connectivity index (χ1v) is 11.7. The monoisotopic (exact) mass is 424 g/mol. The van der Waals surface area contributed by atoms with Crippen LogP contribution in [-0.2, 0) is 11.8 Å². The molecule has 0 amide bonds. The zero-order valence-electron chi connectivity index (χ0n) is 18.6. The summed E-state index contributed by atoms with van der Waals surface area (Å²) >= 11 is 0. The third-order valence-corrected chi connectivity index (χ3v) is 6.96. The Labute approximate surface area is 185 Å². The predicted molar refractivity (Wildman–Crippen MR) is 122 cm³/mol. The van der Waals surface area contributed by atoms with Crippen LogP contribution in [0.2, 0.25) is 0 Å². The van der Waals surface area contributed by atoms with E-state index in [4.69, 9.17) is 0 Å². The topological polar surface area (TPSA) is 27.0 Å². The lowest BCUT2D eigenvalue weighted by Gasteiger charge is -2.38. The summed E-state index contributed by atoms with van der Waals surface area (Å²) in [5, 5.41) is 10.3. The number of hydrogen-bond acceptors (Lipinski definition) is 2. The lowest BCUT2D eigenvalue weighted by Crippen LogP contribution is -2.38. The van der Waals surface area contributed by atoms with Crippen molar-refractivity contribution >= 4 is 0 Å². The normalized spacial score (nSPS) is 16.7. The van der Waals surface area contributed by atoms with Crippen molar-refractivity contribution in [2.75, 3.05) is 19.6 Å². The van der Waals surface area contributed by atoms with Crippen molar-refractivity contribution in [2.24, 2.45) is 5.92 Å². The minimum atomic E-state index is -1.09. The molecule has 2 aromatic rings. The molecule has 2 aromatic carbocycles. The van der Waals surface area contributed by atoms with Gasteiger partial charge >= 0.3 is 0 Å². The average molecular weight is 425 g/mol. The van der Waals surface area contributed by atoms with Crippen LogP contribution < -0.4 is 0 Å². The Morgan fingerprint density at radius 1 is 0.968 bits per heavy atom. The van der Waals surface area contributed by atoms with Crippen molar-refractivity contribution in [2.45, 2.75) is 63.7 Å². The van der Waals surface area contributed by atoms with Crippen molar-refractivity contribution < 1.29 is 8.78 Å². The average Bonchev–Trinajstić information content (AvgIpc) is 2.81. The standard InChI is InChI=1S/C27H34F2N2/c1-2-31(20-17-22-11-5-3-6-12-22)19-10-18-27(21-30,23-13-7-4-8-14-23)26-24(28)15-9-16-25(26)29/h3,5-6,9,11-12,15-16,23H,2,4,7-8,10,13-14,17-20H2,1H3. The van der Waals surface area contributed by atoms with E-state index in [2.05, 4.69) is 42.2 Å². The molecule has 0 radical (unpaired) electrons. The molecule has 1 aliphatic carbocycles. The van der Waals surface area contributed by atoms with Crippen LogP contribution in [0, 0.1) is 28.9 Å². The Bertz CT molecular complexity index is 835. The summed E-state index contributed by atoms with van der Waals surface area (Å²) in [4.78, 5) is 2.37. The van der Waals surface area contributed by atoms with Crippen molar-refractivity contribution in [3.05, 3.63) is 71.3 Å². The van der Waals surface area contributed by atoms with Crippen molar-refractivity contribution in [3.8, 4) is 6.07 Å². The molecule has 0 N–H and O–H groups in total. The number of rotatable bonds is 10. The molecule has 166 valence electrons. The van der Waals surface area contributed by atoms with Crippen molar-refractivity contribution in [3.63, 3.8) is 0 Å². The molecule has 0 aliphatic heterocycles. The van der Waals surface area contributed by atoms with Gasteiger partial charge in [0.2, 0.25) is 0 Å². The van der Waals surface area contributed by atoms with E-state index in [1.807, 2.05) is 6.07 Å². The summed E-state index contributed by atoms with van der Waals surface area (Å²) < 4.78 is 29.7. The number of halogens is 2. The van der Waals surface area contributed by atoms with Gasteiger partial charge in [-0.1, -0.05) is 62.6 Å².